The zero-order valence-corrected chi connectivity index (χ0v) is 6.87. The quantitative estimate of drug-likeness (QED) is 0.528. The number of benzene rings is 1. The second kappa shape index (κ2) is 2.86. The van der Waals surface area contributed by atoms with E-state index in [-0.39, 0.29) is 0 Å². The van der Waals surface area contributed by atoms with E-state index in [4.69, 9.17) is 5.41 Å². The van der Waals surface area contributed by atoms with Crippen molar-refractivity contribution in [1.82, 2.24) is 4.98 Å². The topological polar surface area (TPSA) is 56.7 Å². The van der Waals surface area contributed by atoms with Gasteiger partial charge in [-0.15, -0.1) is 0 Å². The lowest BCUT2D eigenvalue weighted by atomic mass is 10.1. The van der Waals surface area contributed by atoms with Crippen LogP contribution in [-0.2, 0) is 0 Å². The number of aromatic amines is 1. The Kier molecular flexibility index (Phi) is 1.70. The van der Waals surface area contributed by atoms with E-state index in [1.807, 2.05) is 18.2 Å². The lowest BCUT2D eigenvalue weighted by molar-refractivity contribution is 0.112. The highest BCUT2D eigenvalue weighted by Crippen LogP contribution is 2.17. The second-order valence-electron chi connectivity index (χ2n) is 2.81. The van der Waals surface area contributed by atoms with Crippen LogP contribution in [0.25, 0.3) is 10.9 Å². The van der Waals surface area contributed by atoms with Gasteiger partial charge in [-0.3, -0.25) is 4.79 Å². The zero-order valence-electron chi connectivity index (χ0n) is 6.87. The molecule has 64 valence electrons. The van der Waals surface area contributed by atoms with E-state index in [2.05, 4.69) is 4.98 Å². The molecule has 13 heavy (non-hydrogen) atoms. The summed E-state index contributed by atoms with van der Waals surface area (Å²) in [4.78, 5) is 13.6. The van der Waals surface area contributed by atoms with Crippen molar-refractivity contribution in [3.05, 3.63) is 35.5 Å². The molecule has 0 radical (unpaired) electrons. The SMILES string of the molecule is N=Cc1ccc2[nH]cc(C=O)c2c1. The van der Waals surface area contributed by atoms with Crippen molar-refractivity contribution in [1.29, 1.82) is 5.41 Å². The lowest BCUT2D eigenvalue weighted by Crippen LogP contribution is -1.80. The molecule has 1 aromatic heterocycles. The van der Waals surface area contributed by atoms with Gasteiger partial charge in [-0.05, 0) is 17.7 Å². The molecule has 0 aliphatic heterocycles. The highest BCUT2D eigenvalue weighted by atomic mass is 16.1. The summed E-state index contributed by atoms with van der Waals surface area (Å²) in [6, 6.07) is 5.52. The Morgan fingerprint density at radius 3 is 2.92 bits per heavy atom. The van der Waals surface area contributed by atoms with Gasteiger partial charge in [-0.2, -0.15) is 0 Å². The monoisotopic (exact) mass is 172 g/mol. The van der Waals surface area contributed by atoms with Crippen molar-refractivity contribution in [2.75, 3.05) is 0 Å². The van der Waals surface area contributed by atoms with Gasteiger partial charge in [0.1, 0.15) is 0 Å². The fourth-order valence-corrected chi connectivity index (χ4v) is 1.35. The first kappa shape index (κ1) is 7.73. The van der Waals surface area contributed by atoms with E-state index in [1.54, 1.807) is 6.20 Å². The van der Waals surface area contributed by atoms with Crippen molar-refractivity contribution in [2.45, 2.75) is 0 Å². The van der Waals surface area contributed by atoms with Gasteiger partial charge in [0.25, 0.3) is 0 Å². The molecule has 2 aromatic rings. The lowest BCUT2D eigenvalue weighted by Gasteiger charge is -1.93. The predicted molar refractivity (Wildman–Crippen MR) is 51.6 cm³/mol. The van der Waals surface area contributed by atoms with E-state index in [1.165, 1.54) is 6.21 Å². The van der Waals surface area contributed by atoms with Crippen LogP contribution in [0.3, 0.4) is 0 Å². The van der Waals surface area contributed by atoms with Gasteiger partial charge >= 0.3 is 0 Å². The zero-order chi connectivity index (χ0) is 9.26. The highest BCUT2D eigenvalue weighted by Gasteiger charge is 2.01. The van der Waals surface area contributed by atoms with Gasteiger partial charge in [0.05, 0.1) is 0 Å². The van der Waals surface area contributed by atoms with E-state index >= 15 is 0 Å². The summed E-state index contributed by atoms with van der Waals surface area (Å²) < 4.78 is 0. The number of aldehydes is 1. The Bertz CT molecular complexity index is 471. The third kappa shape index (κ3) is 1.14. The van der Waals surface area contributed by atoms with Crippen LogP contribution in [-0.4, -0.2) is 17.5 Å². The van der Waals surface area contributed by atoms with Crippen LogP contribution in [0.2, 0.25) is 0 Å². The average molecular weight is 172 g/mol. The minimum absolute atomic E-state index is 0.638. The van der Waals surface area contributed by atoms with Crippen molar-refractivity contribution in [3.8, 4) is 0 Å². The predicted octanol–water partition coefficient (Wildman–Crippen LogP) is 1.98. The fourth-order valence-electron chi connectivity index (χ4n) is 1.35. The summed E-state index contributed by atoms with van der Waals surface area (Å²) in [5, 5.41) is 7.95. The van der Waals surface area contributed by atoms with Gasteiger partial charge in [0.2, 0.25) is 0 Å². The van der Waals surface area contributed by atoms with Gasteiger partial charge < -0.3 is 10.4 Å². The molecule has 1 heterocycles. The molecule has 0 aliphatic carbocycles. The number of fused-ring (bicyclic) bond motifs is 1. The number of nitrogens with one attached hydrogen (secondary N) is 2. The maximum Gasteiger partial charge on any atom is 0.152 e. The van der Waals surface area contributed by atoms with E-state index in [0.29, 0.717) is 5.56 Å². The molecule has 1 aromatic carbocycles. The van der Waals surface area contributed by atoms with Crippen LogP contribution in [0, 0.1) is 5.41 Å². The molecule has 0 atom stereocenters. The first-order valence-corrected chi connectivity index (χ1v) is 3.92. The van der Waals surface area contributed by atoms with E-state index in [9.17, 15) is 4.79 Å². The van der Waals surface area contributed by atoms with Crippen LogP contribution >= 0.6 is 0 Å². The Labute approximate surface area is 74.9 Å². The standard InChI is InChI=1S/C10H8N2O/c11-4-7-1-2-10-9(3-7)8(6-13)5-12-10/h1-6,11-12H. The maximum atomic E-state index is 10.6. The first-order chi connectivity index (χ1) is 6.35. The summed E-state index contributed by atoms with van der Waals surface area (Å²) in [5.41, 5.74) is 2.36. The molecule has 2 rings (SSSR count). The van der Waals surface area contributed by atoms with Crippen LogP contribution in [0.4, 0.5) is 0 Å². The number of hydrogen-bond acceptors (Lipinski definition) is 2. The molecule has 0 fully saturated rings. The Balaban J connectivity index is 2.78. The van der Waals surface area contributed by atoms with E-state index < -0.39 is 0 Å². The molecular weight excluding hydrogens is 164 g/mol. The van der Waals surface area contributed by atoms with Crippen molar-refractivity contribution in [3.63, 3.8) is 0 Å². The highest BCUT2D eigenvalue weighted by molar-refractivity contribution is 5.99. The molecule has 0 saturated heterocycles. The summed E-state index contributed by atoms with van der Waals surface area (Å²) in [5.74, 6) is 0. The largest absolute Gasteiger partial charge is 0.360 e. The molecule has 0 saturated carbocycles. The summed E-state index contributed by atoms with van der Waals surface area (Å²) in [6.07, 6.45) is 3.75. The fraction of sp³-hybridized carbons (Fsp3) is 0. The average Bonchev–Trinajstić information content (AvgIpc) is 2.59. The van der Waals surface area contributed by atoms with Crippen molar-refractivity contribution < 1.29 is 4.79 Å². The van der Waals surface area contributed by atoms with Gasteiger partial charge in [0, 0.05) is 28.9 Å². The third-order valence-electron chi connectivity index (χ3n) is 2.03. The summed E-state index contributed by atoms with van der Waals surface area (Å²) >= 11 is 0. The van der Waals surface area contributed by atoms with Gasteiger partial charge in [-0.25, -0.2) is 0 Å². The van der Waals surface area contributed by atoms with Crippen LogP contribution in [0.5, 0.6) is 0 Å². The molecule has 0 spiro atoms. The molecular formula is C10H8N2O. The Morgan fingerprint density at radius 2 is 2.23 bits per heavy atom. The smallest absolute Gasteiger partial charge is 0.152 e. The molecule has 0 unspecified atom stereocenters. The van der Waals surface area contributed by atoms with Crippen LogP contribution < -0.4 is 0 Å². The molecule has 0 aliphatic rings. The Hall–Kier alpha value is -1.90. The number of hydrogen-bond donors (Lipinski definition) is 2. The number of carbonyl (C=O) groups excluding carboxylic acids is 1. The third-order valence-corrected chi connectivity index (χ3v) is 2.03. The molecule has 0 bridgehead atoms. The number of carbonyl (C=O) groups is 1. The van der Waals surface area contributed by atoms with Crippen molar-refractivity contribution >= 4 is 23.4 Å². The van der Waals surface area contributed by atoms with Gasteiger partial charge in [-0.1, -0.05) is 6.07 Å². The Morgan fingerprint density at radius 1 is 1.38 bits per heavy atom. The molecule has 0 amide bonds. The van der Waals surface area contributed by atoms with Crippen LogP contribution in [0.1, 0.15) is 15.9 Å². The van der Waals surface area contributed by atoms with E-state index in [0.717, 1.165) is 22.8 Å². The summed E-state index contributed by atoms with van der Waals surface area (Å²) in [7, 11) is 0. The normalized spacial score (nSPS) is 10.2. The minimum Gasteiger partial charge on any atom is -0.360 e. The number of aromatic nitrogens is 1. The molecule has 3 heteroatoms. The number of rotatable bonds is 2. The maximum absolute atomic E-state index is 10.6. The number of H-pyrrole nitrogens is 1. The second-order valence-corrected chi connectivity index (χ2v) is 2.81. The van der Waals surface area contributed by atoms with Crippen molar-refractivity contribution in [2.24, 2.45) is 0 Å². The summed E-state index contributed by atoms with van der Waals surface area (Å²) in [6.45, 7) is 0. The van der Waals surface area contributed by atoms with Crippen LogP contribution in [0.15, 0.2) is 24.4 Å². The van der Waals surface area contributed by atoms with Gasteiger partial charge in [0.15, 0.2) is 6.29 Å². The minimum atomic E-state index is 0.638. The molecule has 2 N–H and O–H groups in total. The first-order valence-electron chi connectivity index (χ1n) is 3.92. The molecule has 3 nitrogen and oxygen atoms in total.